The van der Waals surface area contributed by atoms with Gasteiger partial charge in [-0.2, -0.15) is 0 Å². The summed E-state index contributed by atoms with van der Waals surface area (Å²) >= 11 is 0. The zero-order valence-electron chi connectivity index (χ0n) is 9.97. The lowest BCUT2D eigenvalue weighted by atomic mass is 10.0. The molecular weight excluding hydrogens is 224 g/mol. The molecule has 0 atom stereocenters. The van der Waals surface area contributed by atoms with Crippen LogP contribution in [0, 0.1) is 6.92 Å². The fourth-order valence-corrected chi connectivity index (χ4v) is 1.99. The molecule has 1 aromatic carbocycles. The van der Waals surface area contributed by atoms with Crippen molar-refractivity contribution in [3.05, 3.63) is 64.7 Å². The molecule has 1 N–H and O–H groups in total. The predicted molar refractivity (Wildman–Crippen MR) is 72.5 cm³/mol. The summed E-state index contributed by atoms with van der Waals surface area (Å²) in [6, 6.07) is 11.6. The standard InChI is InChI=1S/C15H12N2O/c1-10-2-4-11(5-3-10)13-8-12-9-16-7-6-14(12)17-15(13)18/h2-9H,1H3,(H,17,18). The molecule has 0 radical (unpaired) electrons. The second kappa shape index (κ2) is 4.11. The van der Waals surface area contributed by atoms with Crippen LogP contribution in [-0.2, 0) is 0 Å². The van der Waals surface area contributed by atoms with Crippen molar-refractivity contribution in [2.24, 2.45) is 0 Å². The second-order valence-corrected chi connectivity index (χ2v) is 4.34. The number of aromatic nitrogens is 2. The molecule has 0 bridgehead atoms. The Bertz CT molecular complexity index is 757. The third kappa shape index (κ3) is 1.80. The van der Waals surface area contributed by atoms with Gasteiger partial charge >= 0.3 is 0 Å². The van der Waals surface area contributed by atoms with E-state index in [-0.39, 0.29) is 5.56 Å². The maximum Gasteiger partial charge on any atom is 0.256 e. The molecule has 0 amide bonds. The van der Waals surface area contributed by atoms with E-state index in [9.17, 15) is 4.79 Å². The molecule has 0 fully saturated rings. The van der Waals surface area contributed by atoms with Crippen molar-refractivity contribution in [3.63, 3.8) is 0 Å². The minimum absolute atomic E-state index is 0.0717. The Morgan fingerprint density at radius 3 is 2.67 bits per heavy atom. The number of nitrogens with zero attached hydrogens (tertiary/aromatic N) is 1. The molecule has 18 heavy (non-hydrogen) atoms. The maximum absolute atomic E-state index is 12.0. The number of nitrogens with one attached hydrogen (secondary N) is 1. The van der Waals surface area contributed by atoms with Crippen molar-refractivity contribution in [1.29, 1.82) is 0 Å². The number of fused-ring (bicyclic) bond motifs is 1. The first-order valence-corrected chi connectivity index (χ1v) is 5.78. The minimum atomic E-state index is -0.0717. The average Bonchev–Trinajstić information content (AvgIpc) is 2.39. The SMILES string of the molecule is Cc1ccc(-c2cc3cnccc3[nH]c2=O)cc1. The summed E-state index contributed by atoms with van der Waals surface area (Å²) in [6.45, 7) is 2.03. The van der Waals surface area contributed by atoms with Crippen molar-refractivity contribution in [2.45, 2.75) is 6.92 Å². The van der Waals surface area contributed by atoms with Gasteiger partial charge in [0.15, 0.2) is 0 Å². The van der Waals surface area contributed by atoms with Crippen molar-refractivity contribution in [1.82, 2.24) is 9.97 Å². The van der Waals surface area contributed by atoms with E-state index in [2.05, 4.69) is 9.97 Å². The molecule has 3 heteroatoms. The van der Waals surface area contributed by atoms with E-state index in [4.69, 9.17) is 0 Å². The van der Waals surface area contributed by atoms with Crippen LogP contribution in [0.25, 0.3) is 22.0 Å². The van der Waals surface area contributed by atoms with E-state index >= 15 is 0 Å². The van der Waals surface area contributed by atoms with Crippen LogP contribution in [0.2, 0.25) is 0 Å². The second-order valence-electron chi connectivity index (χ2n) is 4.34. The molecule has 3 rings (SSSR count). The Labute approximate surface area is 104 Å². The van der Waals surface area contributed by atoms with Gasteiger partial charge in [-0.25, -0.2) is 0 Å². The van der Waals surface area contributed by atoms with Crippen molar-refractivity contribution >= 4 is 10.9 Å². The molecule has 3 nitrogen and oxygen atoms in total. The Morgan fingerprint density at radius 1 is 1.11 bits per heavy atom. The van der Waals surface area contributed by atoms with E-state index in [1.54, 1.807) is 18.5 Å². The fourth-order valence-electron chi connectivity index (χ4n) is 1.99. The van der Waals surface area contributed by atoms with Gasteiger partial charge in [-0.1, -0.05) is 29.8 Å². The number of H-pyrrole nitrogens is 1. The Kier molecular flexibility index (Phi) is 2.45. The number of hydrogen-bond donors (Lipinski definition) is 1. The van der Waals surface area contributed by atoms with Crippen molar-refractivity contribution in [2.75, 3.05) is 0 Å². The minimum Gasteiger partial charge on any atom is -0.321 e. The lowest BCUT2D eigenvalue weighted by Crippen LogP contribution is -2.08. The summed E-state index contributed by atoms with van der Waals surface area (Å²) in [4.78, 5) is 19.0. The maximum atomic E-state index is 12.0. The van der Waals surface area contributed by atoms with Gasteiger partial charge in [0.2, 0.25) is 0 Å². The first-order chi connectivity index (χ1) is 8.74. The normalized spacial score (nSPS) is 10.7. The Balaban J connectivity index is 2.26. The highest BCUT2D eigenvalue weighted by molar-refractivity contribution is 5.82. The third-order valence-corrected chi connectivity index (χ3v) is 3.01. The molecule has 0 aliphatic rings. The lowest BCUT2D eigenvalue weighted by molar-refractivity contribution is 1.27. The molecule has 0 saturated carbocycles. The summed E-state index contributed by atoms with van der Waals surface area (Å²) in [7, 11) is 0. The molecule has 0 aliphatic heterocycles. The molecule has 0 unspecified atom stereocenters. The number of hydrogen-bond acceptors (Lipinski definition) is 2. The third-order valence-electron chi connectivity index (χ3n) is 3.01. The number of benzene rings is 1. The molecule has 0 spiro atoms. The Hall–Kier alpha value is -2.42. The smallest absolute Gasteiger partial charge is 0.256 e. The summed E-state index contributed by atoms with van der Waals surface area (Å²) in [5, 5.41) is 0.938. The van der Waals surface area contributed by atoms with Gasteiger partial charge in [0.1, 0.15) is 0 Å². The van der Waals surface area contributed by atoms with E-state index in [1.807, 2.05) is 37.3 Å². The van der Waals surface area contributed by atoms with Crippen LogP contribution < -0.4 is 5.56 Å². The zero-order chi connectivity index (χ0) is 12.5. The first-order valence-electron chi connectivity index (χ1n) is 5.78. The van der Waals surface area contributed by atoms with Gasteiger partial charge in [0.25, 0.3) is 5.56 Å². The van der Waals surface area contributed by atoms with Crippen LogP contribution in [0.5, 0.6) is 0 Å². The van der Waals surface area contributed by atoms with Gasteiger partial charge in [-0.3, -0.25) is 9.78 Å². The quantitative estimate of drug-likeness (QED) is 0.706. The van der Waals surface area contributed by atoms with Crippen LogP contribution in [0.1, 0.15) is 5.56 Å². The predicted octanol–water partition coefficient (Wildman–Crippen LogP) is 2.90. The van der Waals surface area contributed by atoms with E-state index < -0.39 is 0 Å². The van der Waals surface area contributed by atoms with Crippen LogP contribution >= 0.6 is 0 Å². The largest absolute Gasteiger partial charge is 0.321 e. The highest BCUT2D eigenvalue weighted by Gasteiger charge is 2.05. The van der Waals surface area contributed by atoms with E-state index in [0.29, 0.717) is 5.56 Å². The molecule has 0 aliphatic carbocycles. The molecule has 2 heterocycles. The lowest BCUT2D eigenvalue weighted by Gasteiger charge is -2.03. The molecule has 0 saturated heterocycles. The highest BCUT2D eigenvalue weighted by Crippen LogP contribution is 2.19. The van der Waals surface area contributed by atoms with Crippen LogP contribution in [0.15, 0.2) is 53.6 Å². The topological polar surface area (TPSA) is 45.8 Å². The molecule has 3 aromatic rings. The van der Waals surface area contributed by atoms with Gasteiger partial charge in [0.05, 0.1) is 5.52 Å². The van der Waals surface area contributed by atoms with Gasteiger partial charge in [0, 0.05) is 23.3 Å². The van der Waals surface area contributed by atoms with Gasteiger partial charge < -0.3 is 4.98 Å². The van der Waals surface area contributed by atoms with E-state index in [1.165, 1.54) is 5.56 Å². The zero-order valence-corrected chi connectivity index (χ0v) is 9.97. The van der Waals surface area contributed by atoms with Gasteiger partial charge in [-0.15, -0.1) is 0 Å². The summed E-state index contributed by atoms with van der Waals surface area (Å²) < 4.78 is 0. The van der Waals surface area contributed by atoms with Gasteiger partial charge in [-0.05, 0) is 24.6 Å². The summed E-state index contributed by atoms with van der Waals surface area (Å²) in [5.74, 6) is 0. The fraction of sp³-hybridized carbons (Fsp3) is 0.0667. The number of aromatic amines is 1. The number of rotatable bonds is 1. The molecule has 88 valence electrons. The van der Waals surface area contributed by atoms with Crippen LogP contribution in [0.3, 0.4) is 0 Å². The van der Waals surface area contributed by atoms with Crippen molar-refractivity contribution < 1.29 is 0 Å². The van der Waals surface area contributed by atoms with E-state index in [0.717, 1.165) is 16.5 Å². The Morgan fingerprint density at radius 2 is 1.89 bits per heavy atom. The number of pyridine rings is 2. The van der Waals surface area contributed by atoms with Crippen molar-refractivity contribution in [3.8, 4) is 11.1 Å². The summed E-state index contributed by atoms with van der Waals surface area (Å²) in [6.07, 6.45) is 3.42. The average molecular weight is 236 g/mol. The number of aryl methyl sites for hydroxylation is 1. The first kappa shape index (κ1) is 10.7. The molecular formula is C15H12N2O. The monoisotopic (exact) mass is 236 g/mol. The van der Waals surface area contributed by atoms with Crippen LogP contribution in [-0.4, -0.2) is 9.97 Å². The summed E-state index contributed by atoms with van der Waals surface area (Å²) in [5.41, 5.74) is 3.52. The van der Waals surface area contributed by atoms with Crippen LogP contribution in [0.4, 0.5) is 0 Å². The molecule has 2 aromatic heterocycles. The highest BCUT2D eigenvalue weighted by atomic mass is 16.1.